The van der Waals surface area contributed by atoms with Gasteiger partial charge in [-0.05, 0) is 0 Å². The van der Waals surface area contributed by atoms with E-state index in [0.717, 1.165) is 0 Å². The van der Waals surface area contributed by atoms with Crippen molar-refractivity contribution >= 4 is 18.1 Å². The molecular weight excluding hydrogens is 740 g/mol. The molecule has 0 heterocycles. The van der Waals surface area contributed by atoms with Crippen molar-refractivity contribution in [3.8, 4) is 11.5 Å². The van der Waals surface area contributed by atoms with Crippen LogP contribution in [0.1, 0.15) is 125 Å². The Morgan fingerprint density at radius 3 is 0.735 bits per heavy atom. The van der Waals surface area contributed by atoms with Gasteiger partial charge < -0.3 is 0 Å². The molecule has 0 aromatic heterocycles. The fraction of sp³-hybridized carbons (Fsp3) is 0.667. The Morgan fingerprint density at radius 2 is 0.551 bits per heavy atom. The van der Waals surface area contributed by atoms with Crippen LogP contribution in [-0.4, -0.2) is 51.7 Å². The Bertz CT molecular complexity index is 1100. The topological polar surface area (TPSA) is 92.3 Å². The third-order valence-corrected chi connectivity index (χ3v) is 21.0. The summed E-state index contributed by atoms with van der Waals surface area (Å²) in [6.07, 6.45) is 0. The van der Waals surface area contributed by atoms with E-state index < -0.39 is 73.7 Å². The second-order valence-corrected chi connectivity index (χ2v) is 27.9. The van der Waals surface area contributed by atoms with Crippen LogP contribution >= 0.6 is 0 Å². The Kier molecular flexibility index (Phi) is 14.4. The van der Waals surface area contributed by atoms with E-state index in [0.29, 0.717) is 11.5 Å². The molecule has 2 aromatic carbocycles. The summed E-state index contributed by atoms with van der Waals surface area (Å²) in [5.41, 5.74) is -4.75. The van der Waals surface area contributed by atoms with Crippen molar-refractivity contribution < 1.29 is 59.2 Å². The normalized spacial score (nSPS) is 14.6. The van der Waals surface area contributed by atoms with Crippen molar-refractivity contribution in [3.05, 3.63) is 60.7 Å². The average molecular weight is 804 g/mol. The van der Waals surface area contributed by atoms with Gasteiger partial charge in [-0.2, -0.15) is 0 Å². The van der Waals surface area contributed by atoms with Crippen molar-refractivity contribution in [2.45, 2.75) is 158 Å². The van der Waals surface area contributed by atoms with E-state index in [1.54, 1.807) is 24.3 Å². The van der Waals surface area contributed by atoms with Crippen molar-refractivity contribution in [1.82, 2.24) is 0 Å². The van der Waals surface area contributed by atoms with Gasteiger partial charge in [0.1, 0.15) is 0 Å². The molecular formula is C36H64O10Si2Zr. The number of hydrogen-bond donors (Lipinski definition) is 0. The summed E-state index contributed by atoms with van der Waals surface area (Å²) in [5, 5.41) is 0. The molecule has 0 aliphatic rings. The van der Waals surface area contributed by atoms with Gasteiger partial charge in [-0.3, -0.25) is 0 Å². The van der Waals surface area contributed by atoms with Crippen LogP contribution < -0.4 is 5.63 Å². The first-order chi connectivity index (χ1) is 21.8. The van der Waals surface area contributed by atoms with E-state index in [9.17, 15) is 0 Å². The van der Waals surface area contributed by atoms with Gasteiger partial charge >= 0.3 is 308 Å². The monoisotopic (exact) mass is 802 g/mol. The van der Waals surface area contributed by atoms with E-state index >= 15 is 0 Å². The van der Waals surface area contributed by atoms with Crippen LogP contribution in [0.15, 0.2) is 60.7 Å². The maximum absolute atomic E-state index is 7.27. The fourth-order valence-corrected chi connectivity index (χ4v) is 20.8. The van der Waals surface area contributed by atoms with Crippen molar-refractivity contribution in [2.24, 2.45) is 0 Å². The molecule has 0 aliphatic carbocycles. The van der Waals surface area contributed by atoms with Gasteiger partial charge in [0.05, 0.1) is 0 Å². The number of rotatable bonds is 14. The maximum atomic E-state index is 7.27. The molecule has 2 rings (SSSR count). The van der Waals surface area contributed by atoms with E-state index in [1.165, 1.54) is 0 Å². The van der Waals surface area contributed by atoms with Gasteiger partial charge in [0.15, 0.2) is 0 Å². The summed E-state index contributed by atoms with van der Waals surface area (Å²) >= 11 is -5.92. The second-order valence-electron chi connectivity index (χ2n) is 17.8. The molecule has 0 amide bonds. The van der Waals surface area contributed by atoms with Crippen LogP contribution in [0.25, 0.3) is 0 Å². The van der Waals surface area contributed by atoms with Gasteiger partial charge in [0.2, 0.25) is 0 Å². The van der Waals surface area contributed by atoms with Gasteiger partial charge in [0.25, 0.3) is 0 Å². The quantitative estimate of drug-likeness (QED) is 0.172. The third-order valence-electron chi connectivity index (χ3n) is 5.06. The molecule has 10 nitrogen and oxygen atoms in total. The molecule has 0 fully saturated rings. The van der Waals surface area contributed by atoms with Gasteiger partial charge in [-0.15, -0.1) is 0 Å². The third kappa shape index (κ3) is 17.9. The first-order valence-electron chi connectivity index (χ1n) is 16.9. The molecule has 280 valence electrons. The Labute approximate surface area is 306 Å². The first-order valence-corrected chi connectivity index (χ1v) is 24.2. The number of hydrogen-bond acceptors (Lipinski definition) is 10. The average Bonchev–Trinajstić information content (AvgIpc) is 2.77. The van der Waals surface area contributed by atoms with E-state index in [2.05, 4.69) is 0 Å². The molecule has 0 atom stereocenters. The SMILES string of the molecule is CC(C)(C)O[Si](OC(C)(C)C)(OC(C)(C)C)[O][Zr]([O]c1ccccc1)([O]c1ccccc1)[O][Si](OC(C)(C)C)(OC(C)(C)C)OC(C)(C)C. The Morgan fingerprint density at radius 1 is 0.347 bits per heavy atom. The number of para-hydroxylation sites is 2. The van der Waals surface area contributed by atoms with Crippen molar-refractivity contribution in [1.29, 1.82) is 0 Å². The van der Waals surface area contributed by atoms with E-state index in [4.69, 9.17) is 37.2 Å². The Balaban J connectivity index is 3.14. The molecule has 0 saturated heterocycles. The van der Waals surface area contributed by atoms with E-state index in [1.807, 2.05) is 161 Å². The van der Waals surface area contributed by atoms with Crippen LogP contribution in [0.5, 0.6) is 11.5 Å². The van der Waals surface area contributed by atoms with Crippen LogP contribution in [0.4, 0.5) is 0 Å². The zero-order chi connectivity index (χ0) is 37.8. The molecule has 0 unspecified atom stereocenters. The predicted molar refractivity (Wildman–Crippen MR) is 193 cm³/mol. The summed E-state index contributed by atoms with van der Waals surface area (Å²) in [5.74, 6) is 0.870. The summed E-state index contributed by atoms with van der Waals surface area (Å²) in [6.45, 7) is 34.5. The zero-order valence-electron chi connectivity index (χ0n) is 33.4. The van der Waals surface area contributed by atoms with Crippen molar-refractivity contribution in [2.75, 3.05) is 0 Å². The summed E-state index contributed by atoms with van der Waals surface area (Å²) in [6, 6.07) is 18.4. The fourth-order valence-electron chi connectivity index (χ4n) is 4.20. The first kappa shape index (κ1) is 44.2. The minimum atomic E-state index is -5.92. The minimum absolute atomic E-state index is 0.435. The van der Waals surface area contributed by atoms with Crippen LogP contribution in [0.2, 0.25) is 0 Å². The molecule has 0 aliphatic heterocycles. The molecule has 0 saturated carbocycles. The molecule has 0 N–H and O–H groups in total. The Hall–Kier alpha value is -0.963. The molecule has 49 heavy (non-hydrogen) atoms. The van der Waals surface area contributed by atoms with Crippen molar-refractivity contribution in [3.63, 3.8) is 0 Å². The standard InChI is InChI=1S/2C12H27O4Si.2C6H6O.Zr/c2*1-10(2,3)14-17(13,15-11(4,5)6)16-12(7,8)9;2*7-6-4-2-1-3-5-6;/h2*1-9H3;2*1-5,7H;/q2*-1;;;+4/p-2. The molecule has 13 heteroatoms. The molecule has 0 spiro atoms. The second kappa shape index (κ2) is 16.0. The zero-order valence-corrected chi connectivity index (χ0v) is 37.8. The van der Waals surface area contributed by atoms with Crippen LogP contribution in [-0.2, 0) is 53.6 Å². The van der Waals surface area contributed by atoms with Gasteiger partial charge in [-0.25, -0.2) is 0 Å². The van der Waals surface area contributed by atoms with Gasteiger partial charge in [0, 0.05) is 0 Å². The number of benzene rings is 2. The van der Waals surface area contributed by atoms with Crippen LogP contribution in [0, 0.1) is 0 Å². The summed E-state index contributed by atoms with van der Waals surface area (Å²) < 4.78 is 69.2. The van der Waals surface area contributed by atoms with Gasteiger partial charge in [-0.1, -0.05) is 0 Å². The van der Waals surface area contributed by atoms with E-state index in [-0.39, 0.29) is 0 Å². The summed E-state index contributed by atoms with van der Waals surface area (Å²) in [4.78, 5) is 0. The summed E-state index contributed by atoms with van der Waals surface area (Å²) in [7, 11) is -8.69. The molecule has 0 radical (unpaired) electrons. The molecule has 2 aromatic rings. The predicted octanol–water partition coefficient (Wildman–Crippen LogP) is 9.75. The molecule has 0 bridgehead atoms. The van der Waals surface area contributed by atoms with Crippen LogP contribution in [0.3, 0.4) is 0 Å².